The molecule has 1 aliphatic heterocycles. The topological polar surface area (TPSA) is 66.7 Å². The molecule has 0 saturated carbocycles. The Morgan fingerprint density at radius 3 is 2.53 bits per heavy atom. The lowest BCUT2D eigenvalue weighted by Gasteiger charge is -2.34. The zero-order valence-corrected chi connectivity index (χ0v) is 19.1. The SMILES string of the molecule is Cc1ccc(CN(CCCN2CCCCC2C)C(=O)/C=C/c2ccc([N+](=O)[O-])cc2)cc1. The number of nitro benzene ring substituents is 1. The van der Waals surface area contributed by atoms with Gasteiger partial charge in [0.25, 0.3) is 5.69 Å². The molecular weight excluding hydrogens is 402 g/mol. The second-order valence-corrected chi connectivity index (χ2v) is 8.66. The van der Waals surface area contributed by atoms with Gasteiger partial charge in [0.1, 0.15) is 0 Å². The van der Waals surface area contributed by atoms with Gasteiger partial charge in [-0.2, -0.15) is 0 Å². The van der Waals surface area contributed by atoms with Crippen LogP contribution < -0.4 is 0 Å². The first-order valence-electron chi connectivity index (χ1n) is 11.4. The van der Waals surface area contributed by atoms with Gasteiger partial charge in [0.2, 0.25) is 5.91 Å². The largest absolute Gasteiger partial charge is 0.335 e. The molecule has 32 heavy (non-hydrogen) atoms. The number of aryl methyl sites for hydroxylation is 1. The molecule has 1 aliphatic rings. The first kappa shape index (κ1) is 23.7. The molecule has 0 N–H and O–H groups in total. The van der Waals surface area contributed by atoms with Crippen LogP contribution in [0.5, 0.6) is 0 Å². The molecule has 2 aromatic rings. The van der Waals surface area contributed by atoms with E-state index < -0.39 is 4.92 Å². The molecule has 6 nitrogen and oxygen atoms in total. The van der Waals surface area contributed by atoms with Gasteiger partial charge in [-0.05, 0) is 69.0 Å². The van der Waals surface area contributed by atoms with Gasteiger partial charge in [-0.15, -0.1) is 0 Å². The predicted molar refractivity (Wildman–Crippen MR) is 128 cm³/mol. The Hall–Kier alpha value is -2.99. The van der Waals surface area contributed by atoms with E-state index in [0.717, 1.165) is 30.6 Å². The molecule has 170 valence electrons. The van der Waals surface area contributed by atoms with Crippen molar-refractivity contribution in [1.82, 2.24) is 9.80 Å². The van der Waals surface area contributed by atoms with Crippen LogP contribution in [0.1, 0.15) is 49.3 Å². The van der Waals surface area contributed by atoms with Crippen molar-refractivity contribution in [3.8, 4) is 0 Å². The van der Waals surface area contributed by atoms with Crippen LogP contribution in [-0.4, -0.2) is 46.3 Å². The van der Waals surface area contributed by atoms with Gasteiger partial charge in [-0.3, -0.25) is 14.9 Å². The molecular formula is C26H33N3O3. The molecule has 1 heterocycles. The summed E-state index contributed by atoms with van der Waals surface area (Å²) in [6.45, 7) is 7.76. The van der Waals surface area contributed by atoms with Crippen LogP contribution in [-0.2, 0) is 11.3 Å². The number of likely N-dealkylation sites (tertiary alicyclic amines) is 1. The summed E-state index contributed by atoms with van der Waals surface area (Å²) < 4.78 is 0. The highest BCUT2D eigenvalue weighted by Crippen LogP contribution is 2.17. The minimum atomic E-state index is -0.425. The lowest BCUT2D eigenvalue weighted by atomic mass is 10.0. The Kier molecular flexibility index (Phi) is 8.56. The van der Waals surface area contributed by atoms with Crippen LogP contribution in [0.4, 0.5) is 5.69 Å². The minimum Gasteiger partial charge on any atom is -0.335 e. The van der Waals surface area contributed by atoms with E-state index in [1.807, 2.05) is 4.90 Å². The Bertz CT molecular complexity index is 922. The molecule has 0 bridgehead atoms. The van der Waals surface area contributed by atoms with Crippen LogP contribution in [0, 0.1) is 17.0 Å². The summed E-state index contributed by atoms with van der Waals surface area (Å²) in [5.74, 6) is -0.0457. The van der Waals surface area contributed by atoms with Crippen LogP contribution in [0.15, 0.2) is 54.6 Å². The number of carbonyl (C=O) groups excluding carboxylic acids is 1. The Balaban J connectivity index is 1.64. The number of nitrogens with zero attached hydrogens (tertiary/aromatic N) is 3. The first-order chi connectivity index (χ1) is 15.4. The molecule has 1 fully saturated rings. The molecule has 6 heteroatoms. The third-order valence-electron chi connectivity index (χ3n) is 6.14. The number of piperidine rings is 1. The van der Waals surface area contributed by atoms with Gasteiger partial charge in [-0.25, -0.2) is 0 Å². The van der Waals surface area contributed by atoms with E-state index in [1.165, 1.54) is 37.0 Å². The highest BCUT2D eigenvalue weighted by Gasteiger charge is 2.18. The number of rotatable bonds is 9. The maximum atomic E-state index is 13.0. The minimum absolute atomic E-state index is 0.0430. The Morgan fingerprint density at radius 1 is 1.16 bits per heavy atom. The average molecular weight is 436 g/mol. The standard InChI is InChI=1S/C26H33N3O3/c1-21-7-9-24(10-8-21)20-28(19-5-18-27-17-4-3-6-22(27)2)26(30)16-13-23-11-14-25(15-12-23)29(31)32/h7-16,22H,3-6,17-20H2,1-2H3/b16-13+. The number of nitro groups is 1. The molecule has 1 unspecified atom stereocenters. The summed E-state index contributed by atoms with van der Waals surface area (Å²) in [5.41, 5.74) is 3.12. The van der Waals surface area contributed by atoms with Crippen molar-refractivity contribution < 1.29 is 9.72 Å². The zero-order chi connectivity index (χ0) is 22.9. The summed E-state index contributed by atoms with van der Waals surface area (Å²) in [7, 11) is 0. The fourth-order valence-corrected chi connectivity index (χ4v) is 4.12. The second-order valence-electron chi connectivity index (χ2n) is 8.66. The van der Waals surface area contributed by atoms with Crippen LogP contribution >= 0.6 is 0 Å². The highest BCUT2D eigenvalue weighted by molar-refractivity contribution is 5.91. The normalized spacial score (nSPS) is 16.9. The van der Waals surface area contributed by atoms with Gasteiger partial charge >= 0.3 is 0 Å². The van der Waals surface area contributed by atoms with Gasteiger partial charge in [0, 0.05) is 43.9 Å². The van der Waals surface area contributed by atoms with Crippen molar-refractivity contribution in [1.29, 1.82) is 0 Å². The van der Waals surface area contributed by atoms with Crippen LogP contribution in [0.25, 0.3) is 6.08 Å². The van der Waals surface area contributed by atoms with E-state index >= 15 is 0 Å². The number of non-ortho nitro benzene ring substituents is 1. The van der Waals surface area contributed by atoms with Gasteiger partial charge in [0.15, 0.2) is 0 Å². The van der Waals surface area contributed by atoms with Crippen LogP contribution in [0.2, 0.25) is 0 Å². The van der Waals surface area contributed by atoms with E-state index in [2.05, 4.69) is 43.0 Å². The molecule has 3 rings (SSSR count). The van der Waals surface area contributed by atoms with Crippen molar-refractivity contribution in [3.05, 3.63) is 81.4 Å². The quantitative estimate of drug-likeness (QED) is 0.308. The van der Waals surface area contributed by atoms with Gasteiger partial charge < -0.3 is 9.80 Å². The number of amides is 1. The summed E-state index contributed by atoms with van der Waals surface area (Å²) >= 11 is 0. The highest BCUT2D eigenvalue weighted by atomic mass is 16.6. The molecule has 1 saturated heterocycles. The fraction of sp³-hybridized carbons (Fsp3) is 0.423. The molecule has 1 amide bonds. The maximum Gasteiger partial charge on any atom is 0.269 e. The third kappa shape index (κ3) is 7.02. The number of hydrogen-bond acceptors (Lipinski definition) is 4. The second kappa shape index (κ2) is 11.6. The molecule has 0 spiro atoms. The molecule has 0 aromatic heterocycles. The van der Waals surface area contributed by atoms with Crippen molar-refractivity contribution in [2.75, 3.05) is 19.6 Å². The summed E-state index contributed by atoms with van der Waals surface area (Å²) in [6, 6.07) is 15.1. The lowest BCUT2D eigenvalue weighted by molar-refractivity contribution is -0.384. The monoisotopic (exact) mass is 435 g/mol. The number of hydrogen-bond donors (Lipinski definition) is 0. The Labute approximate surface area is 190 Å². The van der Waals surface area contributed by atoms with Crippen molar-refractivity contribution in [2.24, 2.45) is 0 Å². The van der Waals surface area contributed by atoms with E-state index in [-0.39, 0.29) is 11.6 Å². The zero-order valence-electron chi connectivity index (χ0n) is 19.1. The average Bonchev–Trinajstić information content (AvgIpc) is 2.79. The van der Waals surface area contributed by atoms with Gasteiger partial charge in [-0.1, -0.05) is 36.2 Å². The van der Waals surface area contributed by atoms with Crippen molar-refractivity contribution in [2.45, 2.75) is 52.1 Å². The Morgan fingerprint density at radius 2 is 1.88 bits per heavy atom. The molecule has 2 aromatic carbocycles. The summed E-state index contributed by atoms with van der Waals surface area (Å²) in [6.07, 6.45) is 8.05. The smallest absolute Gasteiger partial charge is 0.269 e. The fourth-order valence-electron chi connectivity index (χ4n) is 4.12. The molecule has 1 atom stereocenters. The number of benzene rings is 2. The third-order valence-corrected chi connectivity index (χ3v) is 6.14. The molecule has 0 radical (unpaired) electrons. The van der Waals surface area contributed by atoms with E-state index in [0.29, 0.717) is 19.1 Å². The van der Waals surface area contributed by atoms with Crippen molar-refractivity contribution in [3.63, 3.8) is 0 Å². The predicted octanol–water partition coefficient (Wildman–Crippen LogP) is 5.21. The molecule has 0 aliphatic carbocycles. The van der Waals surface area contributed by atoms with E-state index in [4.69, 9.17) is 0 Å². The van der Waals surface area contributed by atoms with Gasteiger partial charge in [0.05, 0.1) is 4.92 Å². The first-order valence-corrected chi connectivity index (χ1v) is 11.4. The summed E-state index contributed by atoms with van der Waals surface area (Å²) in [4.78, 5) is 27.8. The maximum absolute atomic E-state index is 13.0. The van der Waals surface area contributed by atoms with Crippen molar-refractivity contribution >= 4 is 17.7 Å². The summed E-state index contributed by atoms with van der Waals surface area (Å²) in [5, 5.41) is 10.8. The number of carbonyl (C=O) groups is 1. The van der Waals surface area contributed by atoms with E-state index in [1.54, 1.807) is 24.3 Å². The van der Waals surface area contributed by atoms with E-state index in [9.17, 15) is 14.9 Å². The lowest BCUT2D eigenvalue weighted by Crippen LogP contribution is -2.39. The van der Waals surface area contributed by atoms with Crippen LogP contribution in [0.3, 0.4) is 0 Å².